The third kappa shape index (κ3) is 2.23. The smallest absolute Gasteiger partial charge is 0.0543 e. The van der Waals surface area contributed by atoms with Gasteiger partial charge in [-0.1, -0.05) is 42.5 Å². The van der Waals surface area contributed by atoms with Crippen LogP contribution in [0.3, 0.4) is 0 Å². The quantitative estimate of drug-likeness (QED) is 0.850. The topological polar surface area (TPSA) is 35.2 Å². The van der Waals surface area contributed by atoms with Crippen molar-refractivity contribution in [2.45, 2.75) is 5.92 Å². The average molecular weight is 215 g/mol. The second-order valence-corrected chi connectivity index (χ2v) is 3.99. The van der Waals surface area contributed by atoms with Crippen LogP contribution in [0.25, 0.3) is 10.8 Å². The summed E-state index contributed by atoms with van der Waals surface area (Å²) >= 11 is 0. The molecule has 2 nitrogen and oxygen atoms in total. The Hall–Kier alpha value is -1.38. The molecule has 1 atom stereocenters. The van der Waals surface area contributed by atoms with Crippen LogP contribution in [-0.2, 0) is 4.74 Å². The molecule has 2 heteroatoms. The van der Waals surface area contributed by atoms with Crippen LogP contribution >= 0.6 is 0 Å². The third-order valence-electron chi connectivity index (χ3n) is 2.90. The molecule has 0 aromatic heterocycles. The first-order valence-electron chi connectivity index (χ1n) is 5.53. The summed E-state index contributed by atoms with van der Waals surface area (Å²) in [5.41, 5.74) is 7.01. The summed E-state index contributed by atoms with van der Waals surface area (Å²) in [5.74, 6) is 0.287. The first-order chi connectivity index (χ1) is 7.85. The molecule has 16 heavy (non-hydrogen) atoms. The molecule has 0 radical (unpaired) electrons. The molecule has 0 fully saturated rings. The fourth-order valence-corrected chi connectivity index (χ4v) is 1.96. The Morgan fingerprint density at radius 2 is 1.88 bits per heavy atom. The zero-order chi connectivity index (χ0) is 11.4. The normalized spacial score (nSPS) is 12.9. The minimum absolute atomic E-state index is 0.287. The van der Waals surface area contributed by atoms with E-state index in [0.29, 0.717) is 13.2 Å². The average Bonchev–Trinajstić information content (AvgIpc) is 2.35. The van der Waals surface area contributed by atoms with Gasteiger partial charge in [-0.15, -0.1) is 0 Å². The van der Waals surface area contributed by atoms with E-state index >= 15 is 0 Å². The van der Waals surface area contributed by atoms with Gasteiger partial charge in [-0.2, -0.15) is 0 Å². The van der Waals surface area contributed by atoms with Crippen LogP contribution in [0.4, 0.5) is 0 Å². The molecule has 2 aromatic rings. The SMILES string of the molecule is COCC(CN)c1ccc2ccccc2c1. The van der Waals surface area contributed by atoms with Crippen LogP contribution in [0.2, 0.25) is 0 Å². The zero-order valence-corrected chi connectivity index (χ0v) is 9.52. The molecule has 0 bridgehead atoms. The summed E-state index contributed by atoms with van der Waals surface area (Å²) in [4.78, 5) is 0. The van der Waals surface area contributed by atoms with Crippen molar-refractivity contribution in [3.05, 3.63) is 48.0 Å². The first kappa shape index (κ1) is 11.1. The number of ether oxygens (including phenoxy) is 1. The van der Waals surface area contributed by atoms with E-state index in [0.717, 1.165) is 0 Å². The Kier molecular flexibility index (Phi) is 3.54. The number of fused-ring (bicyclic) bond motifs is 1. The van der Waals surface area contributed by atoms with Crippen molar-refractivity contribution in [1.29, 1.82) is 0 Å². The van der Waals surface area contributed by atoms with Gasteiger partial charge in [0.15, 0.2) is 0 Å². The predicted molar refractivity (Wildman–Crippen MR) is 67.6 cm³/mol. The first-order valence-corrected chi connectivity index (χ1v) is 5.53. The molecule has 0 saturated carbocycles. The molecule has 84 valence electrons. The summed E-state index contributed by atoms with van der Waals surface area (Å²) in [6.07, 6.45) is 0. The molecule has 1 unspecified atom stereocenters. The van der Waals surface area contributed by atoms with E-state index in [2.05, 4.69) is 42.5 Å². The molecule has 2 aromatic carbocycles. The molecular weight excluding hydrogens is 198 g/mol. The molecule has 0 heterocycles. The Labute approximate surface area is 96.0 Å². The molecular formula is C14H17NO. The maximum Gasteiger partial charge on any atom is 0.0543 e. The highest BCUT2D eigenvalue weighted by Gasteiger charge is 2.09. The Morgan fingerprint density at radius 1 is 1.12 bits per heavy atom. The standard InChI is InChI=1S/C14H17NO/c1-16-10-14(9-15)13-7-6-11-4-2-3-5-12(11)8-13/h2-8,14H,9-10,15H2,1H3. The summed E-state index contributed by atoms with van der Waals surface area (Å²) in [7, 11) is 1.71. The van der Waals surface area contributed by atoms with Crippen molar-refractivity contribution in [2.75, 3.05) is 20.3 Å². The Balaban J connectivity index is 2.37. The van der Waals surface area contributed by atoms with Gasteiger partial charge in [0, 0.05) is 19.6 Å². The zero-order valence-electron chi connectivity index (χ0n) is 9.52. The van der Waals surface area contributed by atoms with Crippen LogP contribution in [0.5, 0.6) is 0 Å². The van der Waals surface area contributed by atoms with E-state index in [9.17, 15) is 0 Å². The number of rotatable bonds is 4. The molecule has 0 amide bonds. The number of nitrogens with two attached hydrogens (primary N) is 1. The summed E-state index contributed by atoms with van der Waals surface area (Å²) in [6.45, 7) is 1.29. The van der Waals surface area contributed by atoms with Crippen molar-refractivity contribution in [3.63, 3.8) is 0 Å². The minimum Gasteiger partial charge on any atom is -0.384 e. The van der Waals surface area contributed by atoms with Gasteiger partial charge in [0.1, 0.15) is 0 Å². The Bertz CT molecular complexity index is 467. The van der Waals surface area contributed by atoms with E-state index in [1.54, 1.807) is 7.11 Å². The van der Waals surface area contributed by atoms with Crippen molar-refractivity contribution in [1.82, 2.24) is 0 Å². The summed E-state index contributed by atoms with van der Waals surface area (Å²) in [6, 6.07) is 14.8. The lowest BCUT2D eigenvalue weighted by Gasteiger charge is -2.14. The minimum atomic E-state index is 0.287. The lowest BCUT2D eigenvalue weighted by molar-refractivity contribution is 0.181. The number of hydrogen-bond acceptors (Lipinski definition) is 2. The third-order valence-corrected chi connectivity index (χ3v) is 2.90. The van der Waals surface area contributed by atoms with Gasteiger partial charge >= 0.3 is 0 Å². The van der Waals surface area contributed by atoms with Gasteiger partial charge in [0.05, 0.1) is 6.61 Å². The molecule has 0 aliphatic heterocycles. The van der Waals surface area contributed by atoms with Crippen LogP contribution < -0.4 is 5.73 Å². The fraction of sp³-hybridized carbons (Fsp3) is 0.286. The highest BCUT2D eigenvalue weighted by molar-refractivity contribution is 5.83. The highest BCUT2D eigenvalue weighted by atomic mass is 16.5. The molecule has 0 saturated heterocycles. The lowest BCUT2D eigenvalue weighted by Crippen LogP contribution is -2.17. The monoisotopic (exact) mass is 215 g/mol. The van der Waals surface area contributed by atoms with Crippen molar-refractivity contribution < 1.29 is 4.74 Å². The van der Waals surface area contributed by atoms with Gasteiger partial charge in [-0.05, 0) is 16.3 Å². The maximum absolute atomic E-state index is 5.75. The van der Waals surface area contributed by atoms with E-state index in [1.165, 1.54) is 16.3 Å². The van der Waals surface area contributed by atoms with E-state index in [4.69, 9.17) is 10.5 Å². The largest absolute Gasteiger partial charge is 0.384 e. The van der Waals surface area contributed by atoms with E-state index in [-0.39, 0.29) is 5.92 Å². The second kappa shape index (κ2) is 5.10. The highest BCUT2D eigenvalue weighted by Crippen LogP contribution is 2.21. The summed E-state index contributed by atoms with van der Waals surface area (Å²) in [5, 5.41) is 2.52. The maximum atomic E-state index is 5.75. The fourth-order valence-electron chi connectivity index (χ4n) is 1.96. The van der Waals surface area contributed by atoms with Crippen molar-refractivity contribution in [2.24, 2.45) is 5.73 Å². The number of hydrogen-bond donors (Lipinski definition) is 1. The molecule has 0 aliphatic rings. The van der Waals surface area contributed by atoms with E-state index < -0.39 is 0 Å². The van der Waals surface area contributed by atoms with Gasteiger partial charge in [-0.25, -0.2) is 0 Å². The van der Waals surface area contributed by atoms with Crippen LogP contribution in [0, 0.1) is 0 Å². The van der Waals surface area contributed by atoms with Crippen LogP contribution in [0.15, 0.2) is 42.5 Å². The predicted octanol–water partition coefficient (Wildman–Crippen LogP) is 2.53. The number of benzene rings is 2. The molecule has 2 rings (SSSR count). The van der Waals surface area contributed by atoms with Gasteiger partial charge in [0.2, 0.25) is 0 Å². The van der Waals surface area contributed by atoms with Crippen molar-refractivity contribution in [3.8, 4) is 0 Å². The van der Waals surface area contributed by atoms with Gasteiger partial charge < -0.3 is 10.5 Å². The van der Waals surface area contributed by atoms with Crippen LogP contribution in [0.1, 0.15) is 11.5 Å². The second-order valence-electron chi connectivity index (χ2n) is 3.99. The lowest BCUT2D eigenvalue weighted by atomic mass is 9.97. The molecule has 0 spiro atoms. The Morgan fingerprint density at radius 3 is 2.56 bits per heavy atom. The van der Waals surface area contributed by atoms with Crippen LogP contribution in [-0.4, -0.2) is 20.3 Å². The molecule has 0 aliphatic carbocycles. The summed E-state index contributed by atoms with van der Waals surface area (Å²) < 4.78 is 5.18. The van der Waals surface area contributed by atoms with Gasteiger partial charge in [-0.3, -0.25) is 0 Å². The number of methoxy groups -OCH3 is 1. The van der Waals surface area contributed by atoms with E-state index in [1.807, 2.05) is 0 Å². The van der Waals surface area contributed by atoms with Crippen molar-refractivity contribution >= 4 is 10.8 Å². The molecule has 2 N–H and O–H groups in total. The van der Waals surface area contributed by atoms with Gasteiger partial charge in [0.25, 0.3) is 0 Å².